The van der Waals surface area contributed by atoms with E-state index < -0.39 is 11.4 Å². The molecule has 0 radical (unpaired) electrons. The van der Waals surface area contributed by atoms with Crippen LogP contribution in [0.15, 0.2) is 24.3 Å². The van der Waals surface area contributed by atoms with E-state index in [9.17, 15) is 9.59 Å². The molecule has 1 aliphatic rings. The van der Waals surface area contributed by atoms with Gasteiger partial charge in [-0.1, -0.05) is 0 Å². The van der Waals surface area contributed by atoms with E-state index in [0.717, 1.165) is 25.9 Å². The van der Waals surface area contributed by atoms with Gasteiger partial charge in [-0.05, 0) is 50.2 Å². The highest BCUT2D eigenvalue weighted by atomic mass is 35.5. The van der Waals surface area contributed by atoms with E-state index in [1.165, 1.54) is 7.11 Å². The van der Waals surface area contributed by atoms with Crippen LogP contribution < -0.4 is 10.6 Å². The highest BCUT2D eigenvalue weighted by Crippen LogP contribution is 2.30. The summed E-state index contributed by atoms with van der Waals surface area (Å²) in [6, 6.07) is 6.66. The van der Waals surface area contributed by atoms with Crippen LogP contribution in [-0.4, -0.2) is 45.8 Å². The van der Waals surface area contributed by atoms with Gasteiger partial charge < -0.3 is 20.1 Å². The smallest absolute Gasteiger partial charge is 0.337 e. The van der Waals surface area contributed by atoms with Gasteiger partial charge in [-0.2, -0.15) is 0 Å². The Balaban J connectivity index is 0.00000264. The number of hydrogen-bond acceptors (Lipinski definition) is 5. The van der Waals surface area contributed by atoms with Gasteiger partial charge in [0.05, 0.1) is 24.7 Å². The summed E-state index contributed by atoms with van der Waals surface area (Å²) in [5, 5.41) is 6.18. The molecule has 0 aliphatic carbocycles. The minimum atomic E-state index is -0.499. The molecule has 0 atom stereocenters. The first-order chi connectivity index (χ1) is 10.6. The lowest BCUT2D eigenvalue weighted by molar-refractivity contribution is -0.130. The van der Waals surface area contributed by atoms with E-state index in [0.29, 0.717) is 17.9 Å². The molecular weight excluding hydrogens is 320 g/mol. The molecule has 23 heavy (non-hydrogen) atoms. The molecule has 0 bridgehead atoms. The molecule has 1 aromatic carbocycles. The van der Waals surface area contributed by atoms with Gasteiger partial charge in [-0.25, -0.2) is 4.79 Å². The van der Waals surface area contributed by atoms with Crippen LogP contribution in [0.4, 0.5) is 5.69 Å². The summed E-state index contributed by atoms with van der Waals surface area (Å²) in [7, 11) is 2.95. The van der Waals surface area contributed by atoms with E-state index >= 15 is 0 Å². The minimum absolute atomic E-state index is 0. The zero-order valence-electron chi connectivity index (χ0n) is 13.4. The largest absolute Gasteiger partial charge is 0.465 e. The number of ether oxygens (including phenoxy) is 2. The lowest BCUT2D eigenvalue weighted by Crippen LogP contribution is -2.47. The van der Waals surface area contributed by atoms with E-state index in [1.807, 2.05) is 0 Å². The second-order valence-corrected chi connectivity index (χ2v) is 5.49. The highest BCUT2D eigenvalue weighted by molar-refractivity contribution is 5.96. The molecule has 1 saturated heterocycles. The van der Waals surface area contributed by atoms with Gasteiger partial charge in [-0.15, -0.1) is 12.4 Å². The Morgan fingerprint density at radius 1 is 1.17 bits per heavy atom. The monoisotopic (exact) mass is 342 g/mol. The molecule has 2 rings (SSSR count). The van der Waals surface area contributed by atoms with E-state index in [2.05, 4.69) is 15.4 Å². The van der Waals surface area contributed by atoms with Crippen LogP contribution in [0.5, 0.6) is 0 Å². The number of hydrogen-bond donors (Lipinski definition) is 2. The lowest BCUT2D eigenvalue weighted by Gasteiger charge is -2.35. The predicted octanol–water partition coefficient (Wildman–Crippen LogP) is 1.85. The number of carbonyl (C=O) groups is 2. The van der Waals surface area contributed by atoms with Crippen molar-refractivity contribution in [2.45, 2.75) is 12.8 Å². The summed E-state index contributed by atoms with van der Waals surface area (Å²) in [5.74, 6) is -0.436. The molecule has 0 unspecified atom stereocenters. The fourth-order valence-electron chi connectivity index (χ4n) is 2.69. The third kappa shape index (κ3) is 4.67. The first kappa shape index (κ1) is 19.4. The molecule has 0 aromatic heterocycles. The summed E-state index contributed by atoms with van der Waals surface area (Å²) >= 11 is 0. The molecular formula is C16H23ClN2O4. The van der Waals surface area contributed by atoms with Crippen molar-refractivity contribution in [2.75, 3.05) is 39.2 Å². The van der Waals surface area contributed by atoms with Crippen molar-refractivity contribution in [3.63, 3.8) is 0 Å². The van der Waals surface area contributed by atoms with Gasteiger partial charge in [0.2, 0.25) is 5.91 Å². The number of rotatable bonds is 5. The summed E-state index contributed by atoms with van der Waals surface area (Å²) in [6.07, 6.45) is 1.49. The lowest BCUT2D eigenvalue weighted by atomic mass is 9.78. The summed E-state index contributed by atoms with van der Waals surface area (Å²) in [4.78, 5) is 24.0. The van der Waals surface area contributed by atoms with Crippen LogP contribution in [0, 0.1) is 5.41 Å². The number of carbonyl (C=O) groups excluding carboxylic acids is 2. The first-order valence-electron chi connectivity index (χ1n) is 7.31. The van der Waals surface area contributed by atoms with Gasteiger partial charge in [-0.3, -0.25) is 4.79 Å². The van der Waals surface area contributed by atoms with Crippen LogP contribution in [0.2, 0.25) is 0 Å². The predicted molar refractivity (Wildman–Crippen MR) is 90.1 cm³/mol. The number of piperidine rings is 1. The van der Waals surface area contributed by atoms with Crippen molar-refractivity contribution < 1.29 is 19.1 Å². The Hall–Kier alpha value is -1.63. The van der Waals surface area contributed by atoms with Gasteiger partial charge in [0, 0.05) is 12.8 Å². The molecule has 1 heterocycles. The zero-order chi connectivity index (χ0) is 16.0. The maximum absolute atomic E-state index is 12.6. The minimum Gasteiger partial charge on any atom is -0.465 e. The van der Waals surface area contributed by atoms with Crippen molar-refractivity contribution in [3.05, 3.63) is 29.8 Å². The number of halogens is 1. The van der Waals surface area contributed by atoms with Crippen LogP contribution in [0.25, 0.3) is 0 Å². The second-order valence-electron chi connectivity index (χ2n) is 5.49. The van der Waals surface area contributed by atoms with Crippen molar-refractivity contribution in [1.29, 1.82) is 0 Å². The third-order valence-corrected chi connectivity index (χ3v) is 4.03. The fourth-order valence-corrected chi connectivity index (χ4v) is 2.69. The molecule has 1 amide bonds. The Bertz CT molecular complexity index is 522. The number of esters is 1. The van der Waals surface area contributed by atoms with Crippen LogP contribution in [0.3, 0.4) is 0 Å². The fraction of sp³-hybridized carbons (Fsp3) is 0.500. The number of anilines is 1. The van der Waals surface area contributed by atoms with Gasteiger partial charge in [0.15, 0.2) is 0 Å². The molecule has 0 spiro atoms. The molecule has 7 heteroatoms. The maximum atomic E-state index is 12.6. The van der Waals surface area contributed by atoms with Crippen molar-refractivity contribution in [3.8, 4) is 0 Å². The number of methoxy groups -OCH3 is 2. The Labute approximate surface area is 142 Å². The second kappa shape index (κ2) is 8.86. The average Bonchev–Trinajstić information content (AvgIpc) is 2.56. The molecule has 1 aliphatic heterocycles. The molecule has 0 saturated carbocycles. The van der Waals surface area contributed by atoms with Crippen LogP contribution in [0.1, 0.15) is 23.2 Å². The summed E-state index contributed by atoms with van der Waals surface area (Å²) < 4.78 is 9.91. The SMILES string of the molecule is COCC1(C(=O)Nc2ccc(C(=O)OC)cc2)CCNCC1.Cl. The Kier molecular flexibility index (Phi) is 7.48. The van der Waals surface area contributed by atoms with Gasteiger partial charge in [0.25, 0.3) is 0 Å². The standard InChI is InChI=1S/C16H22N2O4.ClH/c1-21-11-16(7-9-17-10-8-16)15(20)18-13-5-3-12(4-6-13)14(19)22-2;/h3-6,17H,7-11H2,1-2H3,(H,18,20);1H. The number of benzene rings is 1. The molecule has 1 aromatic rings. The third-order valence-electron chi connectivity index (χ3n) is 4.03. The van der Waals surface area contributed by atoms with Gasteiger partial charge in [0.1, 0.15) is 0 Å². The molecule has 1 fully saturated rings. The van der Waals surface area contributed by atoms with E-state index in [-0.39, 0.29) is 18.3 Å². The number of amides is 1. The van der Waals surface area contributed by atoms with Crippen molar-refractivity contribution >= 4 is 30.0 Å². The zero-order valence-corrected chi connectivity index (χ0v) is 14.2. The quantitative estimate of drug-likeness (QED) is 0.799. The molecule has 128 valence electrons. The van der Waals surface area contributed by atoms with Gasteiger partial charge >= 0.3 is 5.97 Å². The van der Waals surface area contributed by atoms with Crippen LogP contribution in [-0.2, 0) is 14.3 Å². The molecule has 6 nitrogen and oxygen atoms in total. The topological polar surface area (TPSA) is 76.7 Å². The first-order valence-corrected chi connectivity index (χ1v) is 7.31. The Morgan fingerprint density at radius 2 is 1.78 bits per heavy atom. The maximum Gasteiger partial charge on any atom is 0.337 e. The highest BCUT2D eigenvalue weighted by Gasteiger charge is 2.39. The average molecular weight is 343 g/mol. The van der Waals surface area contributed by atoms with Crippen molar-refractivity contribution in [2.24, 2.45) is 5.41 Å². The van der Waals surface area contributed by atoms with E-state index in [4.69, 9.17) is 4.74 Å². The summed E-state index contributed by atoms with van der Waals surface area (Å²) in [5.41, 5.74) is 0.613. The van der Waals surface area contributed by atoms with Crippen LogP contribution >= 0.6 is 12.4 Å². The number of nitrogens with one attached hydrogen (secondary N) is 2. The normalized spacial score (nSPS) is 16.1. The van der Waals surface area contributed by atoms with Crippen molar-refractivity contribution in [1.82, 2.24) is 5.32 Å². The Morgan fingerprint density at radius 3 is 2.30 bits per heavy atom. The summed E-state index contributed by atoms with van der Waals surface area (Å²) in [6.45, 7) is 2.01. The molecule has 2 N–H and O–H groups in total. The van der Waals surface area contributed by atoms with E-state index in [1.54, 1.807) is 31.4 Å².